The summed E-state index contributed by atoms with van der Waals surface area (Å²) in [5.74, 6) is 1.11. The normalized spacial score (nSPS) is 12.4. The number of anilines is 2. The van der Waals surface area contributed by atoms with Crippen molar-refractivity contribution in [2.24, 2.45) is 0 Å². The van der Waals surface area contributed by atoms with Crippen LogP contribution in [0.3, 0.4) is 0 Å². The van der Waals surface area contributed by atoms with Crippen molar-refractivity contribution in [2.75, 3.05) is 30.4 Å². The van der Waals surface area contributed by atoms with Gasteiger partial charge in [-0.05, 0) is 36.6 Å². The molecule has 0 aliphatic carbocycles. The van der Waals surface area contributed by atoms with E-state index >= 15 is 0 Å². The summed E-state index contributed by atoms with van der Waals surface area (Å²) < 4.78 is 11.6. The summed E-state index contributed by atoms with van der Waals surface area (Å²) in [4.78, 5) is 15.3. The van der Waals surface area contributed by atoms with Gasteiger partial charge >= 0.3 is 0 Å². The van der Waals surface area contributed by atoms with Crippen molar-refractivity contribution in [1.82, 2.24) is 0 Å². The molecule has 3 aromatic carbocycles. The van der Waals surface area contributed by atoms with Crippen LogP contribution in [0.25, 0.3) is 0 Å². The van der Waals surface area contributed by atoms with Crippen LogP contribution in [-0.2, 0) is 13.0 Å². The molecule has 1 heterocycles. The first-order valence-electron chi connectivity index (χ1n) is 10.2. The lowest BCUT2D eigenvalue weighted by atomic mass is 10.1. The van der Waals surface area contributed by atoms with E-state index in [4.69, 9.17) is 9.47 Å². The average Bonchev–Trinajstić information content (AvgIpc) is 3.22. The molecule has 3 aromatic rings. The number of ether oxygens (including phenoxy) is 2. The molecule has 0 bridgehead atoms. The zero-order chi connectivity index (χ0) is 20.9. The fourth-order valence-electron chi connectivity index (χ4n) is 3.78. The summed E-state index contributed by atoms with van der Waals surface area (Å²) in [6.07, 6.45) is 0.869. The number of fused-ring (bicyclic) bond motifs is 1. The molecule has 0 saturated heterocycles. The first-order chi connectivity index (χ1) is 14.7. The van der Waals surface area contributed by atoms with Gasteiger partial charge in [0, 0.05) is 24.8 Å². The smallest absolute Gasteiger partial charge is 0.260 e. The van der Waals surface area contributed by atoms with Crippen molar-refractivity contribution in [3.8, 4) is 11.5 Å². The van der Waals surface area contributed by atoms with E-state index in [-0.39, 0.29) is 5.91 Å². The zero-order valence-electron chi connectivity index (χ0n) is 17.4. The lowest BCUT2D eigenvalue weighted by Crippen LogP contribution is -2.29. The van der Waals surface area contributed by atoms with E-state index in [9.17, 15) is 4.79 Å². The van der Waals surface area contributed by atoms with Crippen LogP contribution in [0, 0.1) is 0 Å². The molecule has 0 aromatic heterocycles. The lowest BCUT2D eigenvalue weighted by Gasteiger charge is -2.21. The number of carbonyl (C=O) groups is 1. The van der Waals surface area contributed by atoms with Gasteiger partial charge in [-0.25, -0.2) is 0 Å². The summed E-state index contributed by atoms with van der Waals surface area (Å²) in [5, 5.41) is 3.31. The van der Waals surface area contributed by atoms with Gasteiger partial charge < -0.3 is 19.7 Å². The average molecular weight is 402 g/mol. The number of nitrogens with one attached hydrogen (secondary N) is 1. The van der Waals surface area contributed by atoms with Crippen LogP contribution in [0.5, 0.6) is 11.5 Å². The first-order valence-corrected chi connectivity index (χ1v) is 10.2. The Labute approximate surface area is 177 Å². The highest BCUT2D eigenvalue weighted by molar-refractivity contribution is 6.11. The summed E-state index contributed by atoms with van der Waals surface area (Å²) in [5.41, 5.74) is 4.57. The number of benzene rings is 3. The lowest BCUT2D eigenvalue weighted by molar-refractivity contribution is 0.0989. The third kappa shape index (κ3) is 3.96. The monoisotopic (exact) mass is 402 g/mol. The number of hydrogen-bond acceptors (Lipinski definition) is 4. The number of carbonyl (C=O) groups excluding carboxylic acids is 1. The maximum atomic E-state index is 13.5. The van der Waals surface area contributed by atoms with Crippen LogP contribution >= 0.6 is 0 Å². The highest BCUT2D eigenvalue weighted by atomic mass is 16.5. The van der Waals surface area contributed by atoms with Gasteiger partial charge in [-0.1, -0.05) is 48.5 Å². The van der Waals surface area contributed by atoms with Gasteiger partial charge in [-0.2, -0.15) is 0 Å². The minimum absolute atomic E-state index is 0.0381. The second-order valence-corrected chi connectivity index (χ2v) is 7.19. The molecule has 1 aliphatic rings. The van der Waals surface area contributed by atoms with Crippen molar-refractivity contribution in [1.29, 1.82) is 0 Å². The fraction of sp³-hybridized carbons (Fsp3) is 0.240. The Bertz CT molecular complexity index is 1030. The molecule has 5 nitrogen and oxygen atoms in total. The molecule has 0 radical (unpaired) electrons. The molecule has 0 saturated carbocycles. The molecular formula is C25H26N2O3. The van der Waals surface area contributed by atoms with Crippen LogP contribution in [-0.4, -0.2) is 26.1 Å². The van der Waals surface area contributed by atoms with Crippen molar-refractivity contribution < 1.29 is 14.3 Å². The van der Waals surface area contributed by atoms with Crippen molar-refractivity contribution in [3.63, 3.8) is 0 Å². The SMILES string of the molecule is CCNc1cc(OCc2ccccc2)c(OC)cc1C(=O)N1CCc2ccccc21. The van der Waals surface area contributed by atoms with E-state index in [1.807, 2.05) is 66.4 Å². The first kappa shape index (κ1) is 19.8. The highest BCUT2D eigenvalue weighted by Crippen LogP contribution is 2.37. The topological polar surface area (TPSA) is 50.8 Å². The Kier molecular flexibility index (Phi) is 5.89. The minimum atomic E-state index is -0.0381. The Morgan fingerprint density at radius 3 is 2.57 bits per heavy atom. The predicted octanol–water partition coefficient (Wildman–Crippen LogP) is 4.91. The molecular weight excluding hydrogens is 376 g/mol. The van der Waals surface area contributed by atoms with E-state index in [1.54, 1.807) is 13.2 Å². The quantitative estimate of drug-likeness (QED) is 0.610. The van der Waals surface area contributed by atoms with E-state index in [0.717, 1.165) is 23.4 Å². The minimum Gasteiger partial charge on any atom is -0.493 e. The largest absolute Gasteiger partial charge is 0.493 e. The summed E-state index contributed by atoms with van der Waals surface area (Å²) >= 11 is 0. The van der Waals surface area contributed by atoms with Crippen molar-refractivity contribution in [2.45, 2.75) is 20.0 Å². The van der Waals surface area contributed by atoms with E-state index in [0.29, 0.717) is 36.8 Å². The van der Waals surface area contributed by atoms with Gasteiger partial charge in [0.15, 0.2) is 11.5 Å². The highest BCUT2D eigenvalue weighted by Gasteiger charge is 2.28. The maximum absolute atomic E-state index is 13.5. The Hall–Kier alpha value is -3.47. The summed E-state index contributed by atoms with van der Waals surface area (Å²) in [7, 11) is 1.59. The molecule has 4 rings (SSSR count). The van der Waals surface area contributed by atoms with Crippen LogP contribution in [0.1, 0.15) is 28.4 Å². The third-order valence-electron chi connectivity index (χ3n) is 5.27. The molecule has 5 heteroatoms. The van der Waals surface area contributed by atoms with Crippen LogP contribution in [0.15, 0.2) is 66.7 Å². The van der Waals surface area contributed by atoms with Crippen molar-refractivity contribution in [3.05, 3.63) is 83.4 Å². The molecule has 1 aliphatic heterocycles. The zero-order valence-corrected chi connectivity index (χ0v) is 17.4. The Morgan fingerprint density at radius 1 is 1.03 bits per heavy atom. The molecule has 1 amide bonds. The van der Waals surface area contributed by atoms with Gasteiger partial charge in [-0.15, -0.1) is 0 Å². The van der Waals surface area contributed by atoms with E-state index in [1.165, 1.54) is 5.56 Å². The molecule has 0 unspecified atom stereocenters. The third-order valence-corrected chi connectivity index (χ3v) is 5.27. The fourth-order valence-corrected chi connectivity index (χ4v) is 3.78. The van der Waals surface area contributed by atoms with Gasteiger partial charge in [0.2, 0.25) is 0 Å². The number of methoxy groups -OCH3 is 1. The second-order valence-electron chi connectivity index (χ2n) is 7.19. The molecule has 0 fully saturated rings. The molecule has 30 heavy (non-hydrogen) atoms. The molecule has 1 N–H and O–H groups in total. The summed E-state index contributed by atoms with van der Waals surface area (Å²) in [6.45, 7) is 3.81. The predicted molar refractivity (Wildman–Crippen MR) is 120 cm³/mol. The number of hydrogen-bond donors (Lipinski definition) is 1. The maximum Gasteiger partial charge on any atom is 0.260 e. The molecule has 0 spiro atoms. The number of amides is 1. The van der Waals surface area contributed by atoms with Crippen LogP contribution < -0.4 is 19.7 Å². The summed E-state index contributed by atoms with van der Waals surface area (Å²) in [6, 6.07) is 21.7. The number of rotatable bonds is 7. The van der Waals surface area contributed by atoms with Crippen LogP contribution in [0.4, 0.5) is 11.4 Å². The van der Waals surface area contributed by atoms with Gasteiger partial charge in [0.25, 0.3) is 5.91 Å². The molecule has 154 valence electrons. The molecule has 0 atom stereocenters. The van der Waals surface area contributed by atoms with E-state index in [2.05, 4.69) is 11.4 Å². The van der Waals surface area contributed by atoms with E-state index < -0.39 is 0 Å². The van der Waals surface area contributed by atoms with Crippen molar-refractivity contribution >= 4 is 17.3 Å². The van der Waals surface area contributed by atoms with Gasteiger partial charge in [0.1, 0.15) is 6.61 Å². The number of para-hydroxylation sites is 1. The van der Waals surface area contributed by atoms with Gasteiger partial charge in [0.05, 0.1) is 18.4 Å². The number of nitrogens with zero attached hydrogens (tertiary/aromatic N) is 1. The second kappa shape index (κ2) is 8.91. The Morgan fingerprint density at radius 2 is 1.80 bits per heavy atom. The van der Waals surface area contributed by atoms with Gasteiger partial charge in [-0.3, -0.25) is 4.79 Å². The standard InChI is InChI=1S/C25H26N2O3/c1-3-26-21-16-24(30-17-18-9-5-4-6-10-18)23(29-2)15-20(21)25(28)27-14-13-19-11-7-8-12-22(19)27/h4-12,15-16,26H,3,13-14,17H2,1-2H3. The van der Waals surface area contributed by atoms with Crippen LogP contribution in [0.2, 0.25) is 0 Å². The Balaban J connectivity index is 1.65.